The molecule has 0 radical (unpaired) electrons. The van der Waals surface area contributed by atoms with Gasteiger partial charge in [0.1, 0.15) is 11.6 Å². The van der Waals surface area contributed by atoms with Gasteiger partial charge >= 0.3 is 0 Å². The van der Waals surface area contributed by atoms with Gasteiger partial charge in [-0.25, -0.2) is 4.98 Å². The molecule has 1 atom stereocenters. The van der Waals surface area contributed by atoms with Gasteiger partial charge in [0, 0.05) is 24.9 Å². The summed E-state index contributed by atoms with van der Waals surface area (Å²) in [5.41, 5.74) is 2.03. The highest BCUT2D eigenvalue weighted by molar-refractivity contribution is 5.79. The molecule has 1 aromatic carbocycles. The molecule has 116 valence electrons. The molecule has 1 aliphatic rings. The molecule has 1 unspecified atom stereocenters. The van der Waals surface area contributed by atoms with Crippen LogP contribution in [0.4, 0.5) is 0 Å². The number of rotatable bonds is 4. The van der Waals surface area contributed by atoms with Crippen LogP contribution in [0, 0.1) is 0 Å². The molecule has 3 rings (SSSR count). The quantitative estimate of drug-likeness (QED) is 0.944. The fourth-order valence-corrected chi connectivity index (χ4v) is 2.88. The summed E-state index contributed by atoms with van der Waals surface area (Å²) in [4.78, 5) is 21.8. The number of methoxy groups -OCH3 is 1. The second-order valence-corrected chi connectivity index (χ2v) is 5.95. The van der Waals surface area contributed by atoms with Crippen molar-refractivity contribution in [1.82, 2.24) is 14.9 Å². The first-order valence-corrected chi connectivity index (χ1v) is 7.57. The van der Waals surface area contributed by atoms with Gasteiger partial charge < -0.3 is 14.6 Å². The SMILES string of the molecule is COc1ccc(-c2cnc(C3CC(=O)N(C(C)C)C3)[nH]2)cc1. The molecular formula is C17H21N3O2. The summed E-state index contributed by atoms with van der Waals surface area (Å²) in [6.45, 7) is 4.84. The van der Waals surface area contributed by atoms with E-state index in [0.29, 0.717) is 6.42 Å². The van der Waals surface area contributed by atoms with E-state index in [4.69, 9.17) is 4.74 Å². The summed E-state index contributed by atoms with van der Waals surface area (Å²) < 4.78 is 5.17. The Morgan fingerprint density at radius 2 is 2.05 bits per heavy atom. The zero-order chi connectivity index (χ0) is 15.7. The number of benzene rings is 1. The van der Waals surface area contributed by atoms with Crippen LogP contribution in [0.3, 0.4) is 0 Å². The van der Waals surface area contributed by atoms with Gasteiger partial charge in [-0.15, -0.1) is 0 Å². The Bertz CT molecular complexity index is 661. The highest BCUT2D eigenvalue weighted by atomic mass is 16.5. The summed E-state index contributed by atoms with van der Waals surface area (Å²) in [5.74, 6) is 2.09. The van der Waals surface area contributed by atoms with E-state index < -0.39 is 0 Å². The fourth-order valence-electron chi connectivity index (χ4n) is 2.88. The minimum Gasteiger partial charge on any atom is -0.497 e. The van der Waals surface area contributed by atoms with Crippen LogP contribution in [0.2, 0.25) is 0 Å². The number of carbonyl (C=O) groups excluding carboxylic acids is 1. The summed E-state index contributed by atoms with van der Waals surface area (Å²) in [7, 11) is 1.65. The van der Waals surface area contributed by atoms with E-state index in [1.807, 2.05) is 49.2 Å². The number of likely N-dealkylation sites (tertiary alicyclic amines) is 1. The van der Waals surface area contributed by atoms with Crippen LogP contribution < -0.4 is 4.74 Å². The van der Waals surface area contributed by atoms with Gasteiger partial charge in [-0.05, 0) is 43.7 Å². The second kappa shape index (κ2) is 5.83. The van der Waals surface area contributed by atoms with Crippen LogP contribution in [0.1, 0.15) is 32.0 Å². The lowest BCUT2D eigenvalue weighted by atomic mass is 10.1. The van der Waals surface area contributed by atoms with Gasteiger partial charge in [0.2, 0.25) is 5.91 Å². The summed E-state index contributed by atoms with van der Waals surface area (Å²) in [6.07, 6.45) is 2.37. The molecule has 1 fully saturated rings. The first-order chi connectivity index (χ1) is 10.6. The second-order valence-electron chi connectivity index (χ2n) is 5.95. The molecule has 1 aliphatic heterocycles. The highest BCUT2D eigenvalue weighted by Gasteiger charge is 2.33. The minimum atomic E-state index is 0.155. The zero-order valence-corrected chi connectivity index (χ0v) is 13.2. The van der Waals surface area contributed by atoms with Crippen molar-refractivity contribution in [3.05, 3.63) is 36.3 Å². The number of hydrogen-bond acceptors (Lipinski definition) is 3. The lowest BCUT2D eigenvalue weighted by Gasteiger charge is -2.20. The molecule has 5 heteroatoms. The van der Waals surface area contributed by atoms with E-state index in [9.17, 15) is 4.79 Å². The number of aromatic amines is 1. The van der Waals surface area contributed by atoms with Gasteiger partial charge in [0.25, 0.3) is 0 Å². The van der Waals surface area contributed by atoms with Crippen molar-refractivity contribution < 1.29 is 9.53 Å². The first kappa shape index (κ1) is 14.6. The van der Waals surface area contributed by atoms with E-state index >= 15 is 0 Å². The van der Waals surface area contributed by atoms with Crippen LogP contribution in [-0.4, -0.2) is 40.5 Å². The van der Waals surface area contributed by atoms with Crippen LogP contribution in [-0.2, 0) is 4.79 Å². The first-order valence-electron chi connectivity index (χ1n) is 7.57. The fraction of sp³-hybridized carbons (Fsp3) is 0.412. The van der Waals surface area contributed by atoms with Crippen LogP contribution in [0.25, 0.3) is 11.3 Å². The number of hydrogen-bond donors (Lipinski definition) is 1. The molecule has 1 N–H and O–H groups in total. The Kier molecular flexibility index (Phi) is 3.88. The number of H-pyrrole nitrogens is 1. The third kappa shape index (κ3) is 2.71. The lowest BCUT2D eigenvalue weighted by molar-refractivity contribution is -0.129. The van der Waals surface area contributed by atoms with Crippen LogP contribution in [0.15, 0.2) is 30.5 Å². The predicted octanol–water partition coefficient (Wildman–Crippen LogP) is 2.81. The van der Waals surface area contributed by atoms with Crippen molar-refractivity contribution in [2.24, 2.45) is 0 Å². The smallest absolute Gasteiger partial charge is 0.223 e. The van der Waals surface area contributed by atoms with E-state index in [2.05, 4.69) is 9.97 Å². The molecule has 0 spiro atoms. The minimum absolute atomic E-state index is 0.155. The molecule has 0 bridgehead atoms. The molecule has 5 nitrogen and oxygen atoms in total. The Morgan fingerprint density at radius 1 is 1.32 bits per heavy atom. The van der Waals surface area contributed by atoms with Gasteiger partial charge in [-0.1, -0.05) is 0 Å². The number of aromatic nitrogens is 2. The normalized spacial score (nSPS) is 18.3. The summed E-state index contributed by atoms with van der Waals surface area (Å²) >= 11 is 0. The number of nitrogens with zero attached hydrogens (tertiary/aromatic N) is 2. The van der Waals surface area contributed by atoms with E-state index in [-0.39, 0.29) is 17.9 Å². The summed E-state index contributed by atoms with van der Waals surface area (Å²) in [6, 6.07) is 8.09. The van der Waals surface area contributed by atoms with Gasteiger partial charge in [-0.3, -0.25) is 4.79 Å². The van der Waals surface area contributed by atoms with Crippen LogP contribution in [0.5, 0.6) is 5.75 Å². The lowest BCUT2D eigenvalue weighted by Crippen LogP contribution is -2.31. The average molecular weight is 299 g/mol. The maximum Gasteiger partial charge on any atom is 0.223 e. The standard InChI is InChI=1S/C17H21N3O2/c1-11(2)20-10-13(8-16(20)21)17-18-9-15(19-17)12-4-6-14(22-3)7-5-12/h4-7,9,11,13H,8,10H2,1-3H3,(H,18,19). The summed E-state index contributed by atoms with van der Waals surface area (Å²) in [5, 5.41) is 0. The molecule has 1 amide bonds. The third-order valence-corrected chi connectivity index (χ3v) is 4.16. The Labute approximate surface area is 130 Å². The molecule has 22 heavy (non-hydrogen) atoms. The third-order valence-electron chi connectivity index (χ3n) is 4.16. The molecular weight excluding hydrogens is 278 g/mol. The number of imidazole rings is 1. The van der Waals surface area contributed by atoms with Gasteiger partial charge in [-0.2, -0.15) is 0 Å². The number of ether oxygens (including phenoxy) is 1. The van der Waals surface area contributed by atoms with Crippen molar-refractivity contribution in [3.63, 3.8) is 0 Å². The van der Waals surface area contributed by atoms with E-state index in [1.165, 1.54) is 0 Å². The molecule has 1 aromatic heterocycles. The van der Waals surface area contributed by atoms with Crippen molar-refractivity contribution in [3.8, 4) is 17.0 Å². The molecule has 1 saturated heterocycles. The maximum atomic E-state index is 12.0. The Morgan fingerprint density at radius 3 is 2.64 bits per heavy atom. The predicted molar refractivity (Wildman–Crippen MR) is 84.8 cm³/mol. The molecule has 0 saturated carbocycles. The Balaban J connectivity index is 1.78. The highest BCUT2D eigenvalue weighted by Crippen LogP contribution is 2.29. The average Bonchev–Trinajstić information content (AvgIpc) is 3.14. The molecule has 2 heterocycles. The molecule has 2 aromatic rings. The largest absolute Gasteiger partial charge is 0.497 e. The number of carbonyl (C=O) groups is 1. The Hall–Kier alpha value is -2.30. The van der Waals surface area contributed by atoms with Crippen molar-refractivity contribution in [1.29, 1.82) is 0 Å². The monoisotopic (exact) mass is 299 g/mol. The number of amides is 1. The van der Waals surface area contributed by atoms with Crippen molar-refractivity contribution in [2.75, 3.05) is 13.7 Å². The van der Waals surface area contributed by atoms with E-state index in [1.54, 1.807) is 7.11 Å². The van der Waals surface area contributed by atoms with Gasteiger partial charge in [0.05, 0.1) is 19.0 Å². The topological polar surface area (TPSA) is 58.2 Å². The van der Waals surface area contributed by atoms with Crippen LogP contribution >= 0.6 is 0 Å². The van der Waals surface area contributed by atoms with Crippen molar-refractivity contribution in [2.45, 2.75) is 32.2 Å². The number of nitrogens with one attached hydrogen (secondary N) is 1. The molecule has 0 aliphatic carbocycles. The van der Waals surface area contributed by atoms with Crippen molar-refractivity contribution >= 4 is 5.91 Å². The van der Waals surface area contributed by atoms with Gasteiger partial charge in [0.15, 0.2) is 0 Å². The maximum absolute atomic E-state index is 12.0. The van der Waals surface area contributed by atoms with E-state index in [0.717, 1.165) is 29.4 Å². The zero-order valence-electron chi connectivity index (χ0n) is 13.2.